The Morgan fingerprint density at radius 3 is 2.71 bits per heavy atom. The molecule has 1 aromatic rings. The third-order valence-electron chi connectivity index (χ3n) is 4.58. The van der Waals surface area contributed by atoms with Gasteiger partial charge in [0.15, 0.2) is 5.96 Å². The number of alkyl halides is 3. The van der Waals surface area contributed by atoms with E-state index in [0.717, 1.165) is 63.8 Å². The predicted octanol–water partition coefficient (Wildman–Crippen LogP) is 3.19. The first-order valence-corrected chi connectivity index (χ1v) is 9.63. The Bertz CT molecular complexity index is 602. The molecule has 0 radical (unpaired) electrons. The Morgan fingerprint density at radius 2 is 2.11 bits per heavy atom. The summed E-state index contributed by atoms with van der Waals surface area (Å²) >= 11 is 0. The van der Waals surface area contributed by atoms with E-state index in [2.05, 4.69) is 20.2 Å². The van der Waals surface area contributed by atoms with Gasteiger partial charge in [0.2, 0.25) is 5.88 Å². The molecule has 0 amide bonds. The lowest BCUT2D eigenvalue weighted by Gasteiger charge is -2.26. The number of aliphatic imine (C=N–C) groups is 1. The second-order valence-corrected chi connectivity index (χ2v) is 6.73. The van der Waals surface area contributed by atoms with Gasteiger partial charge in [-0.05, 0) is 38.2 Å². The van der Waals surface area contributed by atoms with E-state index < -0.39 is 11.7 Å². The van der Waals surface area contributed by atoms with Crippen molar-refractivity contribution in [1.82, 2.24) is 15.2 Å². The van der Waals surface area contributed by atoms with E-state index in [1.165, 1.54) is 6.07 Å². The monoisotopic (exact) mass is 402 g/mol. The average Bonchev–Trinajstić information content (AvgIpc) is 2.69. The van der Waals surface area contributed by atoms with Gasteiger partial charge in [-0.1, -0.05) is 0 Å². The first kappa shape index (κ1) is 22.3. The quantitative estimate of drug-likeness (QED) is 0.411. The summed E-state index contributed by atoms with van der Waals surface area (Å²) < 4.78 is 48.4. The molecule has 1 aromatic heterocycles. The highest BCUT2D eigenvalue weighted by molar-refractivity contribution is 5.79. The smallest absolute Gasteiger partial charge is 0.417 e. The molecular weight excluding hydrogens is 373 g/mol. The normalized spacial score (nSPS) is 16.1. The van der Waals surface area contributed by atoms with Crippen LogP contribution < -0.4 is 10.1 Å². The Morgan fingerprint density at radius 1 is 1.36 bits per heavy atom. The molecule has 0 saturated carbocycles. The molecule has 1 aliphatic rings. The van der Waals surface area contributed by atoms with Gasteiger partial charge in [0.05, 0.1) is 12.1 Å². The van der Waals surface area contributed by atoms with E-state index >= 15 is 0 Å². The summed E-state index contributed by atoms with van der Waals surface area (Å²) in [6, 6.07) is 2.18. The van der Waals surface area contributed by atoms with Crippen molar-refractivity contribution in [2.75, 3.05) is 46.5 Å². The third kappa shape index (κ3) is 7.53. The van der Waals surface area contributed by atoms with E-state index in [-0.39, 0.29) is 12.5 Å². The second-order valence-electron chi connectivity index (χ2n) is 6.73. The van der Waals surface area contributed by atoms with Crippen LogP contribution in [0.4, 0.5) is 13.2 Å². The number of nitrogens with zero attached hydrogens (tertiary/aromatic N) is 3. The number of guanidine groups is 1. The molecular formula is C19H29F3N4O2. The number of pyridine rings is 1. The Labute approximate surface area is 164 Å². The molecule has 0 bridgehead atoms. The highest BCUT2D eigenvalue weighted by Crippen LogP contribution is 2.29. The van der Waals surface area contributed by atoms with Crippen LogP contribution in [0.1, 0.15) is 31.7 Å². The zero-order chi connectivity index (χ0) is 20.4. The molecule has 1 aliphatic heterocycles. The van der Waals surface area contributed by atoms with Crippen molar-refractivity contribution in [3.8, 4) is 5.88 Å². The molecule has 0 unspecified atom stereocenters. The van der Waals surface area contributed by atoms with Crippen molar-refractivity contribution >= 4 is 5.96 Å². The van der Waals surface area contributed by atoms with Gasteiger partial charge in [-0.15, -0.1) is 0 Å². The van der Waals surface area contributed by atoms with Crippen molar-refractivity contribution in [2.24, 2.45) is 10.9 Å². The van der Waals surface area contributed by atoms with E-state index in [1.54, 1.807) is 0 Å². The summed E-state index contributed by atoms with van der Waals surface area (Å²) in [5, 5.41) is 3.25. The number of hydrogen-bond donors (Lipinski definition) is 1. The lowest BCUT2D eigenvalue weighted by atomic mass is 9.96. The summed E-state index contributed by atoms with van der Waals surface area (Å²) in [5.41, 5.74) is -0.793. The summed E-state index contributed by atoms with van der Waals surface area (Å²) in [6.07, 6.45) is -0.320. The van der Waals surface area contributed by atoms with Crippen molar-refractivity contribution < 1.29 is 22.6 Å². The lowest BCUT2D eigenvalue weighted by Crippen LogP contribution is -2.40. The van der Waals surface area contributed by atoms with Crippen LogP contribution in [0, 0.1) is 5.92 Å². The first-order chi connectivity index (χ1) is 13.4. The van der Waals surface area contributed by atoms with Gasteiger partial charge < -0.3 is 19.7 Å². The molecule has 2 heterocycles. The standard InChI is InChI=1S/C19H29F3N4O2/c1-3-23-18(26(2)10-6-15-7-11-27-12-8-15)24-9-13-28-17-5-4-16(14-25-17)19(20,21)22/h4-5,14-15H,3,6-13H2,1-2H3,(H,23,24). The number of halogens is 3. The molecule has 0 aliphatic carbocycles. The minimum absolute atomic E-state index is 0.154. The maximum atomic E-state index is 12.5. The molecule has 28 heavy (non-hydrogen) atoms. The summed E-state index contributed by atoms with van der Waals surface area (Å²) in [6.45, 7) is 5.97. The number of nitrogens with one attached hydrogen (secondary N) is 1. The van der Waals surface area contributed by atoms with Gasteiger partial charge in [-0.2, -0.15) is 13.2 Å². The fraction of sp³-hybridized carbons (Fsp3) is 0.684. The SMILES string of the molecule is CCNC(=NCCOc1ccc(C(F)(F)F)cn1)N(C)CCC1CCOCC1. The van der Waals surface area contributed by atoms with Gasteiger partial charge in [-0.25, -0.2) is 9.98 Å². The van der Waals surface area contributed by atoms with Crippen LogP contribution in [0.25, 0.3) is 0 Å². The molecule has 9 heteroatoms. The second kappa shape index (κ2) is 11.1. The molecule has 1 saturated heterocycles. The van der Waals surface area contributed by atoms with Crippen LogP contribution >= 0.6 is 0 Å². The van der Waals surface area contributed by atoms with E-state index in [1.807, 2.05) is 14.0 Å². The molecule has 1 fully saturated rings. The summed E-state index contributed by atoms with van der Waals surface area (Å²) in [5.74, 6) is 1.63. The molecule has 0 atom stereocenters. The van der Waals surface area contributed by atoms with Crippen LogP contribution in [-0.2, 0) is 10.9 Å². The largest absolute Gasteiger partial charge is 0.476 e. The molecule has 2 rings (SSSR count). The van der Waals surface area contributed by atoms with Gasteiger partial charge in [0.1, 0.15) is 6.61 Å². The van der Waals surface area contributed by atoms with Crippen molar-refractivity contribution in [1.29, 1.82) is 0 Å². The van der Waals surface area contributed by atoms with Gasteiger partial charge in [0.25, 0.3) is 0 Å². The third-order valence-corrected chi connectivity index (χ3v) is 4.58. The van der Waals surface area contributed by atoms with Crippen LogP contribution in [0.3, 0.4) is 0 Å². The predicted molar refractivity (Wildman–Crippen MR) is 102 cm³/mol. The molecule has 0 spiro atoms. The highest BCUT2D eigenvalue weighted by atomic mass is 19.4. The summed E-state index contributed by atoms with van der Waals surface area (Å²) in [7, 11) is 2.00. The van der Waals surface area contributed by atoms with E-state index in [4.69, 9.17) is 9.47 Å². The number of rotatable bonds is 8. The Kier molecular flexibility index (Phi) is 8.82. The van der Waals surface area contributed by atoms with E-state index in [9.17, 15) is 13.2 Å². The number of ether oxygens (including phenoxy) is 2. The number of hydrogen-bond acceptors (Lipinski definition) is 4. The lowest BCUT2D eigenvalue weighted by molar-refractivity contribution is -0.137. The molecule has 6 nitrogen and oxygen atoms in total. The summed E-state index contributed by atoms with van der Waals surface area (Å²) in [4.78, 5) is 10.3. The number of aromatic nitrogens is 1. The fourth-order valence-corrected chi connectivity index (χ4v) is 2.92. The zero-order valence-corrected chi connectivity index (χ0v) is 16.5. The topological polar surface area (TPSA) is 59.0 Å². The van der Waals surface area contributed by atoms with Crippen LogP contribution in [0.2, 0.25) is 0 Å². The minimum Gasteiger partial charge on any atom is -0.476 e. The van der Waals surface area contributed by atoms with Crippen molar-refractivity contribution in [3.63, 3.8) is 0 Å². The molecule has 1 N–H and O–H groups in total. The maximum Gasteiger partial charge on any atom is 0.417 e. The average molecular weight is 402 g/mol. The maximum absolute atomic E-state index is 12.5. The minimum atomic E-state index is -4.40. The van der Waals surface area contributed by atoms with E-state index in [0.29, 0.717) is 12.5 Å². The van der Waals surface area contributed by atoms with Gasteiger partial charge in [-0.3, -0.25) is 0 Å². The van der Waals surface area contributed by atoms with Crippen LogP contribution in [-0.4, -0.2) is 62.3 Å². The highest BCUT2D eigenvalue weighted by Gasteiger charge is 2.30. The first-order valence-electron chi connectivity index (χ1n) is 9.63. The van der Waals surface area contributed by atoms with Crippen molar-refractivity contribution in [3.05, 3.63) is 23.9 Å². The van der Waals surface area contributed by atoms with Gasteiger partial charge in [0, 0.05) is 45.6 Å². The Balaban J connectivity index is 1.77. The van der Waals surface area contributed by atoms with Crippen LogP contribution in [0.15, 0.2) is 23.3 Å². The Hall–Kier alpha value is -2.03. The zero-order valence-electron chi connectivity index (χ0n) is 16.5. The fourth-order valence-electron chi connectivity index (χ4n) is 2.92. The van der Waals surface area contributed by atoms with Crippen LogP contribution in [0.5, 0.6) is 5.88 Å². The van der Waals surface area contributed by atoms with Gasteiger partial charge >= 0.3 is 6.18 Å². The molecule has 0 aromatic carbocycles. The molecule has 158 valence electrons. The van der Waals surface area contributed by atoms with Crippen molar-refractivity contribution in [2.45, 2.75) is 32.4 Å².